The number of rotatable bonds is 4. The SMILES string of the molecule is CN(C)c1nc(NN)nc(Sc2nc3ccccc3[nH]2)n1. The van der Waals surface area contributed by atoms with Crippen molar-refractivity contribution in [2.45, 2.75) is 10.3 Å². The molecule has 3 rings (SSSR count). The second-order valence-corrected chi connectivity index (χ2v) is 5.40. The van der Waals surface area contributed by atoms with E-state index in [2.05, 4.69) is 30.3 Å². The molecule has 2 aromatic heterocycles. The first kappa shape index (κ1) is 13.6. The predicted molar refractivity (Wildman–Crippen MR) is 82.2 cm³/mol. The molecule has 0 aliphatic heterocycles. The van der Waals surface area contributed by atoms with Crippen molar-refractivity contribution in [1.82, 2.24) is 24.9 Å². The van der Waals surface area contributed by atoms with E-state index in [9.17, 15) is 0 Å². The Bertz CT molecular complexity index is 736. The Morgan fingerprint density at radius 2 is 1.95 bits per heavy atom. The van der Waals surface area contributed by atoms with Gasteiger partial charge < -0.3 is 9.88 Å². The number of aromatic amines is 1. The van der Waals surface area contributed by atoms with Gasteiger partial charge in [0.2, 0.25) is 17.1 Å². The van der Waals surface area contributed by atoms with Crippen LogP contribution in [0.4, 0.5) is 11.9 Å². The van der Waals surface area contributed by atoms with Crippen molar-refractivity contribution in [2.75, 3.05) is 24.4 Å². The number of fused-ring (bicyclic) bond motifs is 1. The first-order valence-electron chi connectivity index (χ1n) is 6.18. The van der Waals surface area contributed by atoms with Gasteiger partial charge in [-0.15, -0.1) is 0 Å². The van der Waals surface area contributed by atoms with Gasteiger partial charge in [0.1, 0.15) is 0 Å². The molecule has 0 aliphatic rings. The quantitative estimate of drug-likeness (QED) is 0.488. The zero-order chi connectivity index (χ0) is 14.8. The van der Waals surface area contributed by atoms with Crippen LogP contribution in [0.25, 0.3) is 11.0 Å². The highest BCUT2D eigenvalue weighted by Crippen LogP contribution is 2.25. The van der Waals surface area contributed by atoms with Crippen molar-refractivity contribution < 1.29 is 0 Å². The highest BCUT2D eigenvalue weighted by Gasteiger charge is 2.11. The Balaban J connectivity index is 1.94. The molecule has 0 aliphatic carbocycles. The molecule has 0 atom stereocenters. The summed E-state index contributed by atoms with van der Waals surface area (Å²) in [5.41, 5.74) is 4.32. The zero-order valence-electron chi connectivity index (χ0n) is 11.5. The van der Waals surface area contributed by atoms with E-state index in [1.54, 1.807) is 4.90 Å². The van der Waals surface area contributed by atoms with E-state index in [0.717, 1.165) is 16.2 Å². The molecule has 0 amide bonds. The smallest absolute Gasteiger partial charge is 0.242 e. The largest absolute Gasteiger partial charge is 0.347 e. The third-order valence-corrected chi connectivity index (χ3v) is 3.44. The molecule has 1 aromatic carbocycles. The topological polar surface area (TPSA) is 109 Å². The highest BCUT2D eigenvalue weighted by molar-refractivity contribution is 7.99. The van der Waals surface area contributed by atoms with Gasteiger partial charge in [-0.1, -0.05) is 12.1 Å². The number of imidazole rings is 1. The number of hydrazine groups is 1. The van der Waals surface area contributed by atoms with Crippen LogP contribution in [-0.2, 0) is 0 Å². The zero-order valence-corrected chi connectivity index (χ0v) is 12.3. The molecule has 8 nitrogen and oxygen atoms in total. The number of hydrogen-bond donors (Lipinski definition) is 3. The Labute approximate surface area is 125 Å². The van der Waals surface area contributed by atoms with Crippen LogP contribution in [0.5, 0.6) is 0 Å². The fourth-order valence-corrected chi connectivity index (χ4v) is 2.46. The van der Waals surface area contributed by atoms with E-state index < -0.39 is 0 Å². The first-order valence-corrected chi connectivity index (χ1v) is 7.00. The van der Waals surface area contributed by atoms with Crippen molar-refractivity contribution >= 4 is 34.7 Å². The van der Waals surface area contributed by atoms with Gasteiger partial charge in [0.05, 0.1) is 11.0 Å². The van der Waals surface area contributed by atoms with Crippen molar-refractivity contribution in [1.29, 1.82) is 0 Å². The number of nitrogens with two attached hydrogens (primary N) is 1. The number of H-pyrrole nitrogens is 1. The summed E-state index contributed by atoms with van der Waals surface area (Å²) >= 11 is 1.32. The maximum absolute atomic E-state index is 5.39. The van der Waals surface area contributed by atoms with E-state index >= 15 is 0 Å². The van der Waals surface area contributed by atoms with Gasteiger partial charge in [-0.3, -0.25) is 5.43 Å². The Morgan fingerprint density at radius 3 is 2.67 bits per heavy atom. The van der Waals surface area contributed by atoms with Crippen molar-refractivity contribution in [3.63, 3.8) is 0 Å². The summed E-state index contributed by atoms with van der Waals surface area (Å²) in [4.78, 5) is 22.2. The molecule has 0 spiro atoms. The lowest BCUT2D eigenvalue weighted by molar-refractivity contribution is 0.862. The molecule has 3 aromatic rings. The van der Waals surface area contributed by atoms with E-state index in [0.29, 0.717) is 17.1 Å². The molecule has 9 heteroatoms. The van der Waals surface area contributed by atoms with Crippen molar-refractivity contribution in [3.05, 3.63) is 24.3 Å². The van der Waals surface area contributed by atoms with Gasteiger partial charge in [-0.25, -0.2) is 10.8 Å². The number of nitrogen functional groups attached to an aromatic ring is 1. The maximum Gasteiger partial charge on any atom is 0.242 e. The van der Waals surface area contributed by atoms with Gasteiger partial charge >= 0.3 is 0 Å². The highest BCUT2D eigenvalue weighted by atomic mass is 32.2. The average molecular weight is 302 g/mol. The minimum absolute atomic E-state index is 0.312. The van der Waals surface area contributed by atoms with Crippen molar-refractivity contribution in [3.8, 4) is 0 Å². The molecule has 2 heterocycles. The summed E-state index contributed by atoms with van der Waals surface area (Å²) < 4.78 is 0. The molecule has 0 bridgehead atoms. The summed E-state index contributed by atoms with van der Waals surface area (Å²) in [6.45, 7) is 0. The van der Waals surface area contributed by atoms with E-state index in [1.165, 1.54) is 11.8 Å². The van der Waals surface area contributed by atoms with Crippen LogP contribution in [0.1, 0.15) is 0 Å². The molecular weight excluding hydrogens is 288 g/mol. The third-order valence-electron chi connectivity index (χ3n) is 2.69. The molecular formula is C12H14N8S. The molecule has 0 unspecified atom stereocenters. The fourth-order valence-electron chi connectivity index (χ4n) is 1.72. The average Bonchev–Trinajstić information content (AvgIpc) is 2.88. The van der Waals surface area contributed by atoms with Crippen LogP contribution in [0.3, 0.4) is 0 Å². The lowest BCUT2D eigenvalue weighted by atomic mass is 10.3. The third kappa shape index (κ3) is 2.88. The second kappa shape index (κ2) is 5.54. The standard InChI is InChI=1S/C12H14N8S/c1-20(2)10-16-9(19-13)17-12(18-10)21-11-14-7-5-3-4-6-8(7)15-11/h3-6H,13H2,1-2H3,(H,14,15)(H,16,17,18,19). The van der Waals surface area contributed by atoms with Crippen LogP contribution in [0.2, 0.25) is 0 Å². The normalized spacial score (nSPS) is 10.8. The van der Waals surface area contributed by atoms with Crippen LogP contribution < -0.4 is 16.2 Å². The molecule has 108 valence electrons. The maximum atomic E-state index is 5.39. The van der Waals surface area contributed by atoms with Crippen LogP contribution in [0.15, 0.2) is 34.6 Å². The Morgan fingerprint density at radius 1 is 1.14 bits per heavy atom. The van der Waals surface area contributed by atoms with Gasteiger partial charge in [-0.2, -0.15) is 15.0 Å². The molecule has 0 saturated heterocycles. The second-order valence-electron chi connectivity index (χ2n) is 4.44. The summed E-state index contributed by atoms with van der Waals surface area (Å²) in [7, 11) is 3.70. The molecule has 4 N–H and O–H groups in total. The van der Waals surface area contributed by atoms with Crippen LogP contribution >= 0.6 is 11.8 Å². The summed E-state index contributed by atoms with van der Waals surface area (Å²) in [5.74, 6) is 6.23. The first-order chi connectivity index (χ1) is 10.2. The number of hydrogen-bond acceptors (Lipinski definition) is 8. The Kier molecular flexibility index (Phi) is 3.59. The summed E-state index contributed by atoms with van der Waals surface area (Å²) in [6.07, 6.45) is 0. The molecule has 0 radical (unpaired) electrons. The predicted octanol–water partition coefficient (Wildman–Crippen LogP) is 1.25. The summed E-state index contributed by atoms with van der Waals surface area (Å²) in [6, 6.07) is 7.82. The molecule has 21 heavy (non-hydrogen) atoms. The fraction of sp³-hybridized carbons (Fsp3) is 0.167. The number of nitrogens with one attached hydrogen (secondary N) is 2. The molecule has 0 saturated carbocycles. The van der Waals surface area contributed by atoms with Crippen LogP contribution in [0, 0.1) is 0 Å². The minimum Gasteiger partial charge on any atom is -0.347 e. The van der Waals surface area contributed by atoms with Gasteiger partial charge in [0.15, 0.2) is 5.16 Å². The van der Waals surface area contributed by atoms with Gasteiger partial charge in [0, 0.05) is 14.1 Å². The Hall–Kier alpha value is -2.39. The number of aromatic nitrogens is 5. The van der Waals surface area contributed by atoms with Crippen molar-refractivity contribution in [2.24, 2.45) is 5.84 Å². The number of benzene rings is 1. The van der Waals surface area contributed by atoms with E-state index in [4.69, 9.17) is 5.84 Å². The number of para-hydroxylation sites is 2. The summed E-state index contributed by atoms with van der Waals surface area (Å²) in [5, 5.41) is 1.23. The molecule has 0 fully saturated rings. The van der Waals surface area contributed by atoms with E-state index in [1.807, 2.05) is 38.4 Å². The van der Waals surface area contributed by atoms with Crippen LogP contribution in [-0.4, -0.2) is 39.0 Å². The number of nitrogens with zero attached hydrogens (tertiary/aromatic N) is 5. The lowest BCUT2D eigenvalue weighted by Gasteiger charge is -2.11. The van der Waals surface area contributed by atoms with Gasteiger partial charge in [0.25, 0.3) is 0 Å². The number of anilines is 2. The van der Waals surface area contributed by atoms with Gasteiger partial charge in [-0.05, 0) is 23.9 Å². The minimum atomic E-state index is 0.312. The monoisotopic (exact) mass is 302 g/mol. The van der Waals surface area contributed by atoms with E-state index in [-0.39, 0.29) is 0 Å². The lowest BCUT2D eigenvalue weighted by Crippen LogP contribution is -2.17.